The van der Waals surface area contributed by atoms with Crippen molar-refractivity contribution in [2.75, 3.05) is 0 Å². The fraction of sp³-hybridized carbons (Fsp3) is 0.562. The normalized spacial score (nSPS) is 13.9. The standard InChI is InChI=1S/C16H24O3/c1-5-8-12(4)19-16(18)14-10-7-9-13(15(14)17)11(3)6-2/h7,9-12,17H,5-6,8H2,1-4H3. The lowest BCUT2D eigenvalue weighted by Gasteiger charge is -2.16. The van der Waals surface area contributed by atoms with Gasteiger partial charge in [0.25, 0.3) is 0 Å². The van der Waals surface area contributed by atoms with Gasteiger partial charge in [-0.25, -0.2) is 4.79 Å². The number of phenols is 1. The quantitative estimate of drug-likeness (QED) is 0.781. The molecule has 0 fully saturated rings. The van der Waals surface area contributed by atoms with E-state index in [-0.39, 0.29) is 23.3 Å². The summed E-state index contributed by atoms with van der Waals surface area (Å²) >= 11 is 0. The number of rotatable bonds is 6. The second-order valence-electron chi connectivity index (χ2n) is 5.06. The lowest BCUT2D eigenvalue weighted by molar-refractivity contribution is 0.0320. The van der Waals surface area contributed by atoms with Crippen LogP contribution in [0.5, 0.6) is 5.75 Å². The van der Waals surface area contributed by atoms with Gasteiger partial charge in [-0.15, -0.1) is 0 Å². The molecule has 0 heterocycles. The molecule has 1 rings (SSSR count). The number of para-hydroxylation sites is 1. The zero-order chi connectivity index (χ0) is 14.4. The van der Waals surface area contributed by atoms with Crippen molar-refractivity contribution in [2.45, 2.75) is 59.0 Å². The van der Waals surface area contributed by atoms with Gasteiger partial charge in [0.2, 0.25) is 0 Å². The van der Waals surface area contributed by atoms with Gasteiger partial charge in [0, 0.05) is 0 Å². The van der Waals surface area contributed by atoms with Crippen LogP contribution in [0.2, 0.25) is 0 Å². The highest BCUT2D eigenvalue weighted by atomic mass is 16.5. The molecule has 1 aromatic carbocycles. The number of carbonyl (C=O) groups excluding carboxylic acids is 1. The summed E-state index contributed by atoms with van der Waals surface area (Å²) in [5.41, 5.74) is 1.07. The maximum absolute atomic E-state index is 12.0. The number of hydrogen-bond donors (Lipinski definition) is 1. The Hall–Kier alpha value is -1.51. The van der Waals surface area contributed by atoms with Crippen molar-refractivity contribution in [3.05, 3.63) is 29.3 Å². The summed E-state index contributed by atoms with van der Waals surface area (Å²) in [5, 5.41) is 10.2. The number of carbonyl (C=O) groups is 1. The SMILES string of the molecule is CCCC(C)OC(=O)c1cccc(C(C)CC)c1O. The van der Waals surface area contributed by atoms with Crippen LogP contribution in [0.3, 0.4) is 0 Å². The molecule has 0 saturated carbocycles. The van der Waals surface area contributed by atoms with E-state index in [0.717, 1.165) is 24.8 Å². The maximum Gasteiger partial charge on any atom is 0.342 e. The molecule has 0 radical (unpaired) electrons. The van der Waals surface area contributed by atoms with E-state index in [2.05, 4.69) is 6.92 Å². The summed E-state index contributed by atoms with van der Waals surface area (Å²) in [7, 11) is 0. The summed E-state index contributed by atoms with van der Waals surface area (Å²) in [5.74, 6) is -0.157. The molecule has 1 N–H and O–H groups in total. The van der Waals surface area contributed by atoms with Crippen LogP contribution < -0.4 is 0 Å². The van der Waals surface area contributed by atoms with E-state index in [0.29, 0.717) is 0 Å². The molecule has 0 spiro atoms. The minimum Gasteiger partial charge on any atom is -0.507 e. The van der Waals surface area contributed by atoms with Crippen LogP contribution in [0, 0.1) is 0 Å². The van der Waals surface area contributed by atoms with Crippen LogP contribution >= 0.6 is 0 Å². The summed E-state index contributed by atoms with van der Waals surface area (Å²) in [6, 6.07) is 5.26. The average molecular weight is 264 g/mol. The molecule has 0 amide bonds. The van der Waals surface area contributed by atoms with Crippen LogP contribution in [0.25, 0.3) is 0 Å². The number of hydrogen-bond acceptors (Lipinski definition) is 3. The van der Waals surface area contributed by atoms with Gasteiger partial charge in [-0.1, -0.05) is 39.3 Å². The third-order valence-electron chi connectivity index (χ3n) is 3.43. The summed E-state index contributed by atoms with van der Waals surface area (Å²) in [6.07, 6.45) is 2.59. The highest BCUT2D eigenvalue weighted by Gasteiger charge is 2.19. The van der Waals surface area contributed by atoms with Crippen LogP contribution in [0.15, 0.2) is 18.2 Å². The first-order valence-corrected chi connectivity index (χ1v) is 7.04. The predicted octanol–water partition coefficient (Wildman–Crippen LogP) is 4.25. The number of aromatic hydroxyl groups is 1. The third-order valence-corrected chi connectivity index (χ3v) is 3.43. The van der Waals surface area contributed by atoms with E-state index in [1.807, 2.05) is 26.8 Å². The molecule has 0 aromatic heterocycles. The Morgan fingerprint density at radius 1 is 1.32 bits per heavy atom. The average Bonchev–Trinajstić information content (AvgIpc) is 2.38. The Morgan fingerprint density at radius 2 is 2.00 bits per heavy atom. The zero-order valence-corrected chi connectivity index (χ0v) is 12.3. The molecule has 106 valence electrons. The second kappa shape index (κ2) is 7.17. The molecule has 3 nitrogen and oxygen atoms in total. The van der Waals surface area contributed by atoms with Crippen molar-refractivity contribution in [1.82, 2.24) is 0 Å². The summed E-state index contributed by atoms with van der Waals surface area (Å²) in [4.78, 5) is 12.0. The van der Waals surface area contributed by atoms with Gasteiger partial charge < -0.3 is 9.84 Å². The van der Waals surface area contributed by atoms with E-state index in [4.69, 9.17) is 4.74 Å². The van der Waals surface area contributed by atoms with Gasteiger partial charge in [-0.2, -0.15) is 0 Å². The predicted molar refractivity (Wildman–Crippen MR) is 76.6 cm³/mol. The van der Waals surface area contributed by atoms with Crippen molar-refractivity contribution in [3.63, 3.8) is 0 Å². The van der Waals surface area contributed by atoms with E-state index in [1.165, 1.54) is 0 Å². The number of esters is 1. The molecule has 2 atom stereocenters. The highest BCUT2D eigenvalue weighted by Crippen LogP contribution is 2.31. The Kier molecular flexibility index (Phi) is 5.87. The smallest absolute Gasteiger partial charge is 0.342 e. The first kappa shape index (κ1) is 15.5. The van der Waals surface area contributed by atoms with Crippen molar-refractivity contribution in [3.8, 4) is 5.75 Å². The Bertz CT molecular complexity index is 426. The van der Waals surface area contributed by atoms with Gasteiger partial charge in [0.1, 0.15) is 11.3 Å². The Morgan fingerprint density at radius 3 is 2.58 bits per heavy atom. The zero-order valence-electron chi connectivity index (χ0n) is 12.3. The molecule has 0 aliphatic heterocycles. The number of phenolic OH excluding ortho intramolecular Hbond substituents is 1. The molecule has 3 heteroatoms. The number of ether oxygens (including phenoxy) is 1. The van der Waals surface area contributed by atoms with Crippen molar-refractivity contribution in [1.29, 1.82) is 0 Å². The van der Waals surface area contributed by atoms with Crippen LogP contribution in [-0.2, 0) is 4.74 Å². The number of benzene rings is 1. The highest BCUT2D eigenvalue weighted by molar-refractivity contribution is 5.93. The van der Waals surface area contributed by atoms with Crippen molar-refractivity contribution in [2.24, 2.45) is 0 Å². The molecule has 0 aliphatic carbocycles. The van der Waals surface area contributed by atoms with Gasteiger partial charge in [-0.05, 0) is 37.3 Å². The fourth-order valence-electron chi connectivity index (χ4n) is 2.06. The van der Waals surface area contributed by atoms with Crippen molar-refractivity contribution >= 4 is 5.97 Å². The van der Waals surface area contributed by atoms with Crippen molar-refractivity contribution < 1.29 is 14.6 Å². The van der Waals surface area contributed by atoms with Crippen LogP contribution in [0.4, 0.5) is 0 Å². The van der Waals surface area contributed by atoms with Gasteiger partial charge in [0.15, 0.2) is 0 Å². The summed E-state index contributed by atoms with van der Waals surface area (Å²) < 4.78 is 5.33. The van der Waals surface area contributed by atoms with Gasteiger partial charge >= 0.3 is 5.97 Å². The Labute approximate surface area is 115 Å². The van der Waals surface area contributed by atoms with E-state index in [1.54, 1.807) is 12.1 Å². The van der Waals surface area contributed by atoms with Gasteiger partial charge in [-0.3, -0.25) is 0 Å². The molecule has 1 aromatic rings. The van der Waals surface area contributed by atoms with Gasteiger partial charge in [0.05, 0.1) is 6.10 Å². The lowest BCUT2D eigenvalue weighted by Crippen LogP contribution is -2.15. The molecular formula is C16H24O3. The molecule has 0 aliphatic rings. The second-order valence-corrected chi connectivity index (χ2v) is 5.06. The van der Waals surface area contributed by atoms with E-state index >= 15 is 0 Å². The topological polar surface area (TPSA) is 46.5 Å². The van der Waals surface area contributed by atoms with E-state index in [9.17, 15) is 9.90 Å². The van der Waals surface area contributed by atoms with E-state index < -0.39 is 5.97 Å². The third kappa shape index (κ3) is 3.98. The minimum atomic E-state index is -0.441. The minimum absolute atomic E-state index is 0.0607. The molecule has 2 unspecified atom stereocenters. The monoisotopic (exact) mass is 264 g/mol. The maximum atomic E-state index is 12.0. The largest absolute Gasteiger partial charge is 0.507 e. The Balaban J connectivity index is 2.92. The fourth-order valence-corrected chi connectivity index (χ4v) is 2.06. The molecule has 0 saturated heterocycles. The van der Waals surface area contributed by atoms with Crippen LogP contribution in [-0.4, -0.2) is 17.2 Å². The summed E-state index contributed by atoms with van der Waals surface area (Å²) in [6.45, 7) is 8.00. The first-order valence-electron chi connectivity index (χ1n) is 7.04. The molecular weight excluding hydrogens is 240 g/mol. The molecule has 19 heavy (non-hydrogen) atoms. The molecule has 0 bridgehead atoms. The first-order chi connectivity index (χ1) is 9.01. The lowest BCUT2D eigenvalue weighted by atomic mass is 9.95. The van der Waals surface area contributed by atoms with Crippen LogP contribution in [0.1, 0.15) is 68.8 Å².